The van der Waals surface area contributed by atoms with Gasteiger partial charge < -0.3 is 10.1 Å². The van der Waals surface area contributed by atoms with Crippen LogP contribution in [0.4, 0.5) is 5.69 Å². The number of rotatable bonds is 5. The third-order valence-electron chi connectivity index (χ3n) is 4.56. The Morgan fingerprint density at radius 2 is 1.59 bits per heavy atom. The molecule has 0 saturated carbocycles. The number of fused-ring (bicyclic) bond motifs is 1. The summed E-state index contributed by atoms with van der Waals surface area (Å²) >= 11 is 0. The van der Waals surface area contributed by atoms with Gasteiger partial charge in [0.05, 0.1) is 11.7 Å². The summed E-state index contributed by atoms with van der Waals surface area (Å²) in [6.07, 6.45) is 1.24. The van der Waals surface area contributed by atoms with Crippen LogP contribution in [-0.4, -0.2) is 15.7 Å². The molecule has 29 heavy (non-hydrogen) atoms. The summed E-state index contributed by atoms with van der Waals surface area (Å²) in [7, 11) is 0. The van der Waals surface area contributed by atoms with Gasteiger partial charge >= 0.3 is 0 Å². The average Bonchev–Trinajstić information content (AvgIpc) is 2.76. The Morgan fingerprint density at radius 3 is 2.34 bits per heavy atom. The molecule has 0 radical (unpaired) electrons. The minimum absolute atomic E-state index is 0.168. The van der Waals surface area contributed by atoms with Crippen molar-refractivity contribution in [2.45, 2.75) is 13.0 Å². The lowest BCUT2D eigenvalue weighted by Crippen LogP contribution is -2.26. The van der Waals surface area contributed by atoms with Crippen LogP contribution in [0, 0.1) is 0 Å². The van der Waals surface area contributed by atoms with Crippen LogP contribution in [0.5, 0.6) is 11.5 Å². The highest BCUT2D eigenvalue weighted by Gasteiger charge is 2.18. The smallest absolute Gasteiger partial charge is 0.248 e. The first-order valence-corrected chi connectivity index (χ1v) is 9.22. The molecule has 6 nitrogen and oxygen atoms in total. The van der Waals surface area contributed by atoms with E-state index >= 15 is 0 Å². The number of carbonyl (C=O) groups is 1. The second kappa shape index (κ2) is 7.98. The summed E-state index contributed by atoms with van der Waals surface area (Å²) in [5, 5.41) is 7.56. The monoisotopic (exact) mass is 385 g/mol. The van der Waals surface area contributed by atoms with E-state index < -0.39 is 6.04 Å². The number of aromatic nitrogens is 2. The minimum atomic E-state index is -0.597. The van der Waals surface area contributed by atoms with Crippen molar-refractivity contribution in [2.24, 2.45) is 0 Å². The molecule has 0 aliphatic carbocycles. The molecule has 0 aliphatic heterocycles. The van der Waals surface area contributed by atoms with Crippen molar-refractivity contribution in [3.63, 3.8) is 0 Å². The highest BCUT2D eigenvalue weighted by Crippen LogP contribution is 2.23. The normalized spacial score (nSPS) is 11.8. The van der Waals surface area contributed by atoms with Gasteiger partial charge in [0, 0.05) is 11.1 Å². The Balaban J connectivity index is 1.49. The Labute approximate surface area is 167 Å². The predicted molar refractivity (Wildman–Crippen MR) is 112 cm³/mol. The second-order valence-corrected chi connectivity index (χ2v) is 6.58. The highest BCUT2D eigenvalue weighted by molar-refractivity contribution is 5.94. The molecule has 0 unspecified atom stereocenters. The van der Waals surface area contributed by atoms with Gasteiger partial charge in [-0.25, -0.2) is 0 Å². The standard InChI is InChI=1S/C23H19N3O3/c1-16(26-21-10-6-5-9-20(21)22(27)15-24-26)23(28)25-17-11-13-19(14-12-17)29-18-7-3-2-4-8-18/h2-16H,1H3,(H,25,28)/t16-/m1/s1. The zero-order valence-corrected chi connectivity index (χ0v) is 15.8. The molecule has 144 valence electrons. The van der Waals surface area contributed by atoms with Crippen molar-refractivity contribution in [2.75, 3.05) is 5.32 Å². The van der Waals surface area contributed by atoms with Gasteiger partial charge in [0.1, 0.15) is 17.5 Å². The van der Waals surface area contributed by atoms with Crippen LogP contribution in [0.3, 0.4) is 0 Å². The maximum absolute atomic E-state index is 12.7. The van der Waals surface area contributed by atoms with Gasteiger partial charge in [-0.3, -0.25) is 14.3 Å². The molecule has 4 aromatic rings. The van der Waals surface area contributed by atoms with Gasteiger partial charge in [-0.05, 0) is 55.5 Å². The lowest BCUT2D eigenvalue weighted by atomic mass is 10.2. The molecule has 0 saturated heterocycles. The quantitative estimate of drug-likeness (QED) is 0.553. The summed E-state index contributed by atoms with van der Waals surface area (Å²) in [5.74, 6) is 1.19. The Morgan fingerprint density at radius 1 is 0.931 bits per heavy atom. The van der Waals surface area contributed by atoms with Gasteiger partial charge in [-0.15, -0.1) is 0 Å². The Kier molecular flexibility index (Phi) is 5.07. The number of carbonyl (C=O) groups excluding carboxylic acids is 1. The third kappa shape index (κ3) is 4.01. The zero-order chi connectivity index (χ0) is 20.2. The molecule has 0 bridgehead atoms. The number of benzene rings is 3. The van der Waals surface area contributed by atoms with Gasteiger partial charge in [0.2, 0.25) is 11.3 Å². The van der Waals surface area contributed by atoms with E-state index in [9.17, 15) is 9.59 Å². The van der Waals surface area contributed by atoms with E-state index in [1.807, 2.05) is 36.4 Å². The van der Waals surface area contributed by atoms with Gasteiger partial charge in [-0.2, -0.15) is 5.10 Å². The zero-order valence-electron chi connectivity index (χ0n) is 15.8. The van der Waals surface area contributed by atoms with Crippen molar-refractivity contribution in [1.82, 2.24) is 9.78 Å². The molecule has 1 N–H and O–H groups in total. The minimum Gasteiger partial charge on any atom is -0.457 e. The molecule has 1 aromatic heterocycles. The molecular weight excluding hydrogens is 366 g/mol. The highest BCUT2D eigenvalue weighted by atomic mass is 16.5. The molecule has 1 atom stereocenters. The summed E-state index contributed by atoms with van der Waals surface area (Å²) in [5.41, 5.74) is 1.10. The topological polar surface area (TPSA) is 73.2 Å². The second-order valence-electron chi connectivity index (χ2n) is 6.58. The predicted octanol–water partition coefficient (Wildman–Crippen LogP) is 4.39. The van der Waals surface area contributed by atoms with Crippen LogP contribution in [-0.2, 0) is 4.79 Å². The van der Waals surface area contributed by atoms with Crippen molar-refractivity contribution in [1.29, 1.82) is 0 Å². The van der Waals surface area contributed by atoms with Gasteiger partial charge in [0.25, 0.3) is 0 Å². The number of hydrogen-bond acceptors (Lipinski definition) is 4. The van der Waals surface area contributed by atoms with Crippen molar-refractivity contribution >= 4 is 22.5 Å². The van der Waals surface area contributed by atoms with E-state index in [0.717, 1.165) is 5.75 Å². The molecule has 1 heterocycles. The van der Waals surface area contributed by atoms with E-state index in [-0.39, 0.29) is 11.3 Å². The van der Waals surface area contributed by atoms with Crippen LogP contribution in [0.2, 0.25) is 0 Å². The summed E-state index contributed by atoms with van der Waals surface area (Å²) < 4.78 is 7.31. The van der Waals surface area contributed by atoms with E-state index in [1.165, 1.54) is 6.20 Å². The maximum atomic E-state index is 12.7. The number of hydrogen-bond donors (Lipinski definition) is 1. The van der Waals surface area contributed by atoms with Crippen LogP contribution in [0.1, 0.15) is 13.0 Å². The molecule has 3 aromatic carbocycles. The fraction of sp³-hybridized carbons (Fsp3) is 0.0870. The third-order valence-corrected chi connectivity index (χ3v) is 4.56. The van der Waals surface area contributed by atoms with Crippen LogP contribution in [0.15, 0.2) is 89.9 Å². The fourth-order valence-electron chi connectivity index (χ4n) is 3.03. The molecule has 0 spiro atoms. The molecule has 4 rings (SSSR count). The first-order chi connectivity index (χ1) is 14.1. The van der Waals surface area contributed by atoms with Crippen LogP contribution >= 0.6 is 0 Å². The lowest BCUT2D eigenvalue weighted by Gasteiger charge is -2.17. The summed E-state index contributed by atoms with van der Waals surface area (Å²) in [6, 6.07) is 23.1. The molecule has 1 amide bonds. The number of anilines is 1. The Hall–Kier alpha value is -3.93. The van der Waals surface area contributed by atoms with E-state index in [2.05, 4.69) is 10.4 Å². The fourth-order valence-corrected chi connectivity index (χ4v) is 3.03. The largest absolute Gasteiger partial charge is 0.457 e. The summed E-state index contributed by atoms with van der Waals surface area (Å²) in [6.45, 7) is 1.74. The Bertz CT molecular complexity index is 1200. The molecule has 0 aliphatic rings. The number of ether oxygens (including phenoxy) is 1. The first kappa shape index (κ1) is 18.4. The van der Waals surface area contributed by atoms with E-state index in [0.29, 0.717) is 22.3 Å². The van der Waals surface area contributed by atoms with Crippen molar-refractivity contribution < 1.29 is 9.53 Å². The van der Waals surface area contributed by atoms with Crippen molar-refractivity contribution in [3.8, 4) is 11.5 Å². The van der Waals surface area contributed by atoms with Gasteiger partial charge in [0.15, 0.2) is 0 Å². The SMILES string of the molecule is C[C@H](C(=O)Nc1ccc(Oc2ccccc2)cc1)n1ncc(=O)c2ccccc21. The lowest BCUT2D eigenvalue weighted by molar-refractivity contribution is -0.119. The average molecular weight is 385 g/mol. The summed E-state index contributed by atoms with van der Waals surface area (Å²) in [4.78, 5) is 24.7. The van der Waals surface area contributed by atoms with Gasteiger partial charge in [-0.1, -0.05) is 30.3 Å². The van der Waals surface area contributed by atoms with Crippen LogP contribution < -0.4 is 15.5 Å². The van der Waals surface area contributed by atoms with E-state index in [4.69, 9.17) is 4.74 Å². The molecule has 0 fully saturated rings. The number of para-hydroxylation sites is 2. The maximum Gasteiger partial charge on any atom is 0.248 e. The number of nitrogens with one attached hydrogen (secondary N) is 1. The molecule has 6 heteroatoms. The molecular formula is C23H19N3O3. The van der Waals surface area contributed by atoms with Crippen LogP contribution in [0.25, 0.3) is 10.9 Å². The number of amides is 1. The number of nitrogens with zero attached hydrogens (tertiary/aromatic N) is 2. The first-order valence-electron chi connectivity index (χ1n) is 9.22. The van der Waals surface area contributed by atoms with E-state index in [1.54, 1.807) is 54.1 Å². The van der Waals surface area contributed by atoms with Crippen molar-refractivity contribution in [3.05, 3.63) is 95.3 Å².